The lowest BCUT2D eigenvalue weighted by Crippen LogP contribution is -2.38. The summed E-state index contributed by atoms with van der Waals surface area (Å²) in [5, 5.41) is 30.1. The van der Waals surface area contributed by atoms with Gasteiger partial charge in [-0.1, -0.05) is 5.11 Å². The number of alkyl halides is 1. The lowest BCUT2D eigenvalue weighted by molar-refractivity contribution is -0.136. The van der Waals surface area contributed by atoms with E-state index in [1.807, 2.05) is 0 Å². The number of hydrogen-bond donors (Lipinski definition) is 3. The predicted octanol–water partition coefficient (Wildman–Crippen LogP) is -0.926. The van der Waals surface area contributed by atoms with Gasteiger partial charge in [0.15, 0.2) is 6.29 Å². The Balaban J connectivity index is 2.56. The Morgan fingerprint density at radius 2 is 2.07 bits per heavy atom. The Bertz CT molecular complexity index is 247. The second kappa shape index (κ2) is 4.54. The number of halogens is 1. The molecular weight excluding hydrogens is 197 g/mol. The second-order valence-electron chi connectivity index (χ2n) is 2.90. The van der Waals surface area contributed by atoms with Crippen LogP contribution in [0, 0.1) is 0 Å². The lowest BCUT2D eigenvalue weighted by Gasteiger charge is -2.16. The molecule has 0 aromatic rings. The Labute approximate surface area is 78.4 Å². The average molecular weight is 207 g/mol. The summed E-state index contributed by atoms with van der Waals surface area (Å²) < 4.78 is 17.7. The molecule has 14 heavy (non-hydrogen) atoms. The molecule has 80 valence electrons. The molecule has 1 heterocycles. The third-order valence-corrected chi connectivity index (χ3v) is 1.95. The van der Waals surface area contributed by atoms with Gasteiger partial charge >= 0.3 is 0 Å². The van der Waals surface area contributed by atoms with E-state index < -0.39 is 37.3 Å². The van der Waals surface area contributed by atoms with Crippen molar-refractivity contribution in [1.82, 2.24) is 0 Å². The van der Waals surface area contributed by atoms with Gasteiger partial charge in [-0.25, -0.2) is 4.39 Å². The van der Waals surface area contributed by atoms with Crippen molar-refractivity contribution in [3.8, 4) is 0 Å². The molecule has 1 rings (SSSR count). The van der Waals surface area contributed by atoms with Crippen LogP contribution in [0.15, 0.2) is 5.11 Å². The van der Waals surface area contributed by atoms with Gasteiger partial charge in [0.25, 0.3) is 0 Å². The maximum absolute atomic E-state index is 13.1. The van der Waals surface area contributed by atoms with E-state index in [4.69, 9.17) is 15.7 Å². The molecule has 0 saturated carbocycles. The highest BCUT2D eigenvalue weighted by Crippen LogP contribution is 2.23. The number of aliphatic hydroxyl groups excluding tert-OH is 3. The summed E-state index contributed by atoms with van der Waals surface area (Å²) in [6, 6.07) is 0. The summed E-state index contributed by atoms with van der Waals surface area (Å²) in [4.78, 5) is 2.33. The van der Waals surface area contributed by atoms with Gasteiger partial charge in [0.05, 0.1) is 6.54 Å². The zero-order valence-electron chi connectivity index (χ0n) is 7.06. The van der Waals surface area contributed by atoms with Crippen LogP contribution in [0.3, 0.4) is 0 Å². The summed E-state index contributed by atoms with van der Waals surface area (Å²) in [6.07, 6.45) is -7.80. The third kappa shape index (κ3) is 2.11. The fourth-order valence-electron chi connectivity index (χ4n) is 1.20. The number of azide groups is 1. The summed E-state index contributed by atoms with van der Waals surface area (Å²) in [5.74, 6) is 0. The molecule has 7 nitrogen and oxygen atoms in total. The van der Waals surface area contributed by atoms with E-state index in [2.05, 4.69) is 14.8 Å². The van der Waals surface area contributed by atoms with Crippen molar-refractivity contribution < 1.29 is 24.4 Å². The van der Waals surface area contributed by atoms with Gasteiger partial charge < -0.3 is 20.1 Å². The average Bonchev–Trinajstić information content (AvgIpc) is 2.42. The maximum Gasteiger partial charge on any atom is 0.184 e. The van der Waals surface area contributed by atoms with Crippen molar-refractivity contribution >= 4 is 0 Å². The summed E-state index contributed by atoms with van der Waals surface area (Å²) in [5.41, 5.74) is 7.92. The molecule has 0 aromatic carbocycles. The highest BCUT2D eigenvalue weighted by molar-refractivity contribution is 4.90. The number of ether oxygens (including phenoxy) is 1. The van der Waals surface area contributed by atoms with Crippen molar-refractivity contribution in [2.24, 2.45) is 5.11 Å². The summed E-state index contributed by atoms with van der Waals surface area (Å²) in [6.45, 7) is -0.516. The van der Waals surface area contributed by atoms with Crippen LogP contribution < -0.4 is 0 Å². The smallest absolute Gasteiger partial charge is 0.184 e. The fourth-order valence-corrected chi connectivity index (χ4v) is 1.20. The van der Waals surface area contributed by atoms with Crippen LogP contribution in [-0.2, 0) is 4.74 Å². The van der Waals surface area contributed by atoms with Crippen LogP contribution in [0.2, 0.25) is 0 Å². The van der Waals surface area contributed by atoms with Gasteiger partial charge in [-0.3, -0.25) is 0 Å². The maximum atomic E-state index is 13.1. The number of hydrogen-bond acceptors (Lipinski definition) is 5. The molecule has 0 unspecified atom stereocenters. The lowest BCUT2D eigenvalue weighted by atomic mass is 10.1. The normalized spacial score (nSPS) is 39.1. The molecule has 0 bridgehead atoms. The van der Waals surface area contributed by atoms with Crippen molar-refractivity contribution in [2.45, 2.75) is 30.8 Å². The highest BCUT2D eigenvalue weighted by atomic mass is 19.1. The third-order valence-electron chi connectivity index (χ3n) is 1.95. The Morgan fingerprint density at radius 1 is 1.43 bits per heavy atom. The summed E-state index contributed by atoms with van der Waals surface area (Å²) >= 11 is 0. The van der Waals surface area contributed by atoms with Crippen LogP contribution in [0.1, 0.15) is 0 Å². The molecule has 0 spiro atoms. The fraction of sp³-hybridized carbons (Fsp3) is 1.00. The van der Waals surface area contributed by atoms with Gasteiger partial charge in [0.1, 0.15) is 24.5 Å². The monoisotopic (exact) mass is 207 g/mol. The topological polar surface area (TPSA) is 119 Å². The minimum Gasteiger partial charge on any atom is -0.387 e. The SMILES string of the molecule is [N-]=[N+]=NC[C@H](F)[C@H]1O[C@@H](O)[C@H](O)[C@H]1O. The molecule has 3 N–H and O–H groups in total. The molecule has 1 aliphatic heterocycles. The first-order chi connectivity index (χ1) is 6.57. The summed E-state index contributed by atoms with van der Waals surface area (Å²) in [7, 11) is 0. The van der Waals surface area contributed by atoms with E-state index in [0.29, 0.717) is 0 Å². The van der Waals surface area contributed by atoms with Gasteiger partial charge in [-0.2, -0.15) is 0 Å². The number of rotatable bonds is 3. The minimum atomic E-state index is -1.76. The van der Waals surface area contributed by atoms with Gasteiger partial charge in [-0.05, 0) is 5.53 Å². The molecule has 0 aliphatic carbocycles. The zero-order chi connectivity index (χ0) is 10.7. The zero-order valence-corrected chi connectivity index (χ0v) is 7.06. The van der Waals surface area contributed by atoms with Gasteiger partial charge in [0, 0.05) is 4.91 Å². The van der Waals surface area contributed by atoms with Gasteiger partial charge in [-0.15, -0.1) is 0 Å². The first-order valence-electron chi connectivity index (χ1n) is 3.92. The first kappa shape index (κ1) is 11.2. The molecule has 0 radical (unpaired) electrons. The molecule has 5 atom stereocenters. The van der Waals surface area contributed by atoms with Crippen molar-refractivity contribution in [2.75, 3.05) is 6.54 Å². The highest BCUT2D eigenvalue weighted by Gasteiger charge is 2.45. The van der Waals surface area contributed by atoms with E-state index >= 15 is 0 Å². The largest absolute Gasteiger partial charge is 0.387 e. The first-order valence-corrected chi connectivity index (χ1v) is 3.92. The number of aliphatic hydroxyl groups is 3. The molecule has 0 aromatic heterocycles. The molecule has 1 aliphatic rings. The van der Waals surface area contributed by atoms with Crippen molar-refractivity contribution in [1.29, 1.82) is 0 Å². The van der Waals surface area contributed by atoms with Gasteiger partial charge in [0.2, 0.25) is 0 Å². The van der Waals surface area contributed by atoms with Crippen LogP contribution in [-0.4, -0.2) is 52.6 Å². The molecule has 0 amide bonds. The minimum absolute atomic E-state index is 0.516. The van der Waals surface area contributed by atoms with Crippen LogP contribution >= 0.6 is 0 Å². The Kier molecular flexibility index (Phi) is 3.62. The predicted molar refractivity (Wildman–Crippen MR) is 41.8 cm³/mol. The standard InChI is InChI=1S/C6H10FN3O4/c7-2(1-9-10-8)5-3(11)4(12)6(13)14-5/h2-6,11-13H,1H2/t2-,3+,4+,5+,6+/m0/s1. The van der Waals surface area contributed by atoms with Crippen LogP contribution in [0.5, 0.6) is 0 Å². The quantitative estimate of drug-likeness (QED) is 0.314. The molecule has 8 heteroatoms. The molecular formula is C6H10FN3O4. The van der Waals surface area contributed by atoms with Crippen LogP contribution in [0.25, 0.3) is 10.4 Å². The van der Waals surface area contributed by atoms with E-state index in [-0.39, 0.29) is 0 Å². The molecule has 1 fully saturated rings. The molecule has 1 saturated heterocycles. The second-order valence-corrected chi connectivity index (χ2v) is 2.90. The Morgan fingerprint density at radius 3 is 2.50 bits per heavy atom. The Hall–Kier alpha value is -0.920. The van der Waals surface area contributed by atoms with Crippen LogP contribution in [0.4, 0.5) is 4.39 Å². The van der Waals surface area contributed by atoms with E-state index in [1.54, 1.807) is 0 Å². The van der Waals surface area contributed by atoms with Crippen molar-refractivity contribution in [3.63, 3.8) is 0 Å². The van der Waals surface area contributed by atoms with E-state index in [9.17, 15) is 9.50 Å². The number of nitrogens with zero attached hydrogens (tertiary/aromatic N) is 3. The van der Waals surface area contributed by atoms with E-state index in [1.165, 1.54) is 0 Å². The van der Waals surface area contributed by atoms with E-state index in [0.717, 1.165) is 0 Å². The van der Waals surface area contributed by atoms with Crippen molar-refractivity contribution in [3.05, 3.63) is 10.4 Å².